The lowest BCUT2D eigenvalue weighted by Crippen LogP contribution is -2.41. The van der Waals surface area contributed by atoms with Gasteiger partial charge in [0, 0.05) is 6.04 Å². The second kappa shape index (κ2) is 7.51. The van der Waals surface area contributed by atoms with Crippen LogP contribution in [0, 0.1) is 5.82 Å². The Balaban J connectivity index is 2.36. The molecule has 1 atom stereocenters. The molecule has 1 rings (SSSR count). The van der Waals surface area contributed by atoms with Gasteiger partial charge in [-0.1, -0.05) is 25.1 Å². The fourth-order valence-corrected chi connectivity index (χ4v) is 1.48. The predicted octanol–water partition coefficient (Wildman–Crippen LogP) is 1.40. The summed E-state index contributed by atoms with van der Waals surface area (Å²) < 4.78 is 13.3. The number of nitrogens with one attached hydrogen (secondary N) is 2. The van der Waals surface area contributed by atoms with Gasteiger partial charge in [-0.2, -0.15) is 0 Å². The van der Waals surface area contributed by atoms with E-state index in [4.69, 9.17) is 0 Å². The summed E-state index contributed by atoms with van der Waals surface area (Å²) in [4.78, 5) is 23.0. The largest absolute Gasteiger partial charge is 0.352 e. The summed E-state index contributed by atoms with van der Waals surface area (Å²) in [6.07, 6.45) is 0.762. The highest BCUT2D eigenvalue weighted by Gasteiger charge is 2.10. The molecule has 0 bridgehead atoms. The molecular formula is C14H19FN2O2. The van der Waals surface area contributed by atoms with Crippen LogP contribution in [0.2, 0.25) is 0 Å². The molecule has 0 fully saturated rings. The van der Waals surface area contributed by atoms with E-state index in [1.807, 2.05) is 13.8 Å². The molecule has 0 heterocycles. The first-order chi connectivity index (χ1) is 9.02. The summed E-state index contributed by atoms with van der Waals surface area (Å²) >= 11 is 0. The van der Waals surface area contributed by atoms with Crippen LogP contribution in [0.4, 0.5) is 4.39 Å². The average molecular weight is 266 g/mol. The molecule has 0 aliphatic heterocycles. The second-order valence-corrected chi connectivity index (χ2v) is 4.42. The Labute approximate surface area is 112 Å². The smallest absolute Gasteiger partial charge is 0.239 e. The minimum atomic E-state index is -0.415. The minimum absolute atomic E-state index is 0.0662. The summed E-state index contributed by atoms with van der Waals surface area (Å²) in [5, 5.41) is 5.20. The van der Waals surface area contributed by atoms with Crippen molar-refractivity contribution < 1.29 is 14.0 Å². The molecule has 0 aromatic heterocycles. The molecule has 1 aromatic rings. The zero-order valence-corrected chi connectivity index (χ0v) is 11.2. The first-order valence-corrected chi connectivity index (χ1v) is 6.32. The lowest BCUT2D eigenvalue weighted by molar-refractivity contribution is -0.126. The van der Waals surface area contributed by atoms with Crippen molar-refractivity contribution in [1.82, 2.24) is 10.6 Å². The van der Waals surface area contributed by atoms with Crippen LogP contribution in [-0.4, -0.2) is 24.4 Å². The van der Waals surface area contributed by atoms with Crippen LogP contribution in [0.15, 0.2) is 24.3 Å². The van der Waals surface area contributed by atoms with E-state index in [0.29, 0.717) is 5.56 Å². The zero-order chi connectivity index (χ0) is 14.3. The van der Waals surface area contributed by atoms with Gasteiger partial charge in [0.15, 0.2) is 0 Å². The van der Waals surface area contributed by atoms with Crippen molar-refractivity contribution in [2.45, 2.75) is 32.7 Å². The van der Waals surface area contributed by atoms with E-state index in [-0.39, 0.29) is 30.8 Å². The molecule has 104 valence electrons. The number of halogens is 1. The SMILES string of the molecule is CCC(C)NC(=O)CNC(=O)Cc1ccccc1F. The van der Waals surface area contributed by atoms with Crippen molar-refractivity contribution in [2.75, 3.05) is 6.54 Å². The van der Waals surface area contributed by atoms with Gasteiger partial charge in [0.1, 0.15) is 5.82 Å². The predicted molar refractivity (Wildman–Crippen MR) is 71.0 cm³/mol. The highest BCUT2D eigenvalue weighted by molar-refractivity contribution is 5.85. The van der Waals surface area contributed by atoms with Gasteiger partial charge in [-0.25, -0.2) is 4.39 Å². The number of carbonyl (C=O) groups is 2. The van der Waals surface area contributed by atoms with Crippen LogP contribution in [0.25, 0.3) is 0 Å². The molecule has 0 aliphatic rings. The Morgan fingerprint density at radius 3 is 2.58 bits per heavy atom. The van der Waals surface area contributed by atoms with E-state index in [2.05, 4.69) is 10.6 Å². The molecule has 0 saturated carbocycles. The van der Waals surface area contributed by atoms with Gasteiger partial charge in [0.05, 0.1) is 13.0 Å². The molecule has 1 unspecified atom stereocenters. The van der Waals surface area contributed by atoms with Gasteiger partial charge in [-0.15, -0.1) is 0 Å². The van der Waals surface area contributed by atoms with Crippen LogP contribution in [-0.2, 0) is 16.0 Å². The van der Waals surface area contributed by atoms with E-state index in [0.717, 1.165) is 6.42 Å². The van der Waals surface area contributed by atoms with Gasteiger partial charge in [-0.3, -0.25) is 9.59 Å². The van der Waals surface area contributed by atoms with Crippen molar-refractivity contribution in [2.24, 2.45) is 0 Å². The summed E-state index contributed by atoms with van der Waals surface area (Å²) in [7, 11) is 0. The van der Waals surface area contributed by atoms with Crippen molar-refractivity contribution in [3.8, 4) is 0 Å². The molecule has 2 amide bonds. The molecule has 19 heavy (non-hydrogen) atoms. The van der Waals surface area contributed by atoms with Crippen molar-refractivity contribution in [3.63, 3.8) is 0 Å². The quantitative estimate of drug-likeness (QED) is 0.817. The Hall–Kier alpha value is -1.91. The number of rotatable bonds is 6. The third-order valence-electron chi connectivity index (χ3n) is 2.77. The fraction of sp³-hybridized carbons (Fsp3) is 0.429. The summed E-state index contributed by atoms with van der Waals surface area (Å²) in [5.74, 6) is -1.03. The lowest BCUT2D eigenvalue weighted by atomic mass is 10.1. The number of carbonyl (C=O) groups excluding carboxylic acids is 2. The molecule has 0 radical (unpaired) electrons. The summed E-state index contributed by atoms with van der Waals surface area (Å²) in [6.45, 7) is 3.76. The van der Waals surface area contributed by atoms with Crippen molar-refractivity contribution in [3.05, 3.63) is 35.6 Å². The first kappa shape index (κ1) is 15.1. The van der Waals surface area contributed by atoms with Crippen LogP contribution in [0.1, 0.15) is 25.8 Å². The first-order valence-electron chi connectivity index (χ1n) is 6.32. The van der Waals surface area contributed by atoms with Gasteiger partial charge in [-0.05, 0) is 25.0 Å². The molecule has 2 N–H and O–H groups in total. The van der Waals surface area contributed by atoms with Crippen LogP contribution < -0.4 is 10.6 Å². The molecule has 0 aliphatic carbocycles. The number of amides is 2. The average Bonchev–Trinajstić information content (AvgIpc) is 2.39. The fourth-order valence-electron chi connectivity index (χ4n) is 1.48. The highest BCUT2D eigenvalue weighted by atomic mass is 19.1. The topological polar surface area (TPSA) is 58.2 Å². The molecular weight excluding hydrogens is 247 g/mol. The van der Waals surface area contributed by atoms with Gasteiger partial charge < -0.3 is 10.6 Å². The maximum Gasteiger partial charge on any atom is 0.239 e. The molecule has 1 aromatic carbocycles. The van der Waals surface area contributed by atoms with Gasteiger partial charge >= 0.3 is 0 Å². The Morgan fingerprint density at radius 2 is 1.95 bits per heavy atom. The Morgan fingerprint density at radius 1 is 1.26 bits per heavy atom. The number of benzene rings is 1. The Kier molecular flexibility index (Phi) is 5.99. The maximum atomic E-state index is 13.3. The lowest BCUT2D eigenvalue weighted by Gasteiger charge is -2.11. The van der Waals surface area contributed by atoms with Gasteiger partial charge in [0.2, 0.25) is 11.8 Å². The normalized spacial score (nSPS) is 11.7. The third-order valence-corrected chi connectivity index (χ3v) is 2.77. The minimum Gasteiger partial charge on any atom is -0.352 e. The number of hydrogen-bond donors (Lipinski definition) is 2. The molecule has 0 saturated heterocycles. The second-order valence-electron chi connectivity index (χ2n) is 4.42. The maximum absolute atomic E-state index is 13.3. The molecule has 4 nitrogen and oxygen atoms in total. The summed E-state index contributed by atoms with van der Waals surface area (Å²) in [6, 6.07) is 6.17. The van der Waals surface area contributed by atoms with Crippen molar-refractivity contribution >= 4 is 11.8 Å². The van der Waals surface area contributed by atoms with E-state index < -0.39 is 5.82 Å². The summed E-state index contributed by atoms with van der Waals surface area (Å²) in [5.41, 5.74) is 0.322. The molecule has 5 heteroatoms. The van der Waals surface area contributed by atoms with Crippen LogP contribution >= 0.6 is 0 Å². The van der Waals surface area contributed by atoms with E-state index in [9.17, 15) is 14.0 Å². The van der Waals surface area contributed by atoms with E-state index in [1.54, 1.807) is 18.2 Å². The van der Waals surface area contributed by atoms with E-state index >= 15 is 0 Å². The zero-order valence-electron chi connectivity index (χ0n) is 11.2. The Bertz CT molecular complexity index is 449. The monoisotopic (exact) mass is 266 g/mol. The molecule has 0 spiro atoms. The van der Waals surface area contributed by atoms with Crippen molar-refractivity contribution in [1.29, 1.82) is 0 Å². The third kappa shape index (κ3) is 5.50. The van der Waals surface area contributed by atoms with Gasteiger partial charge in [0.25, 0.3) is 0 Å². The number of hydrogen-bond acceptors (Lipinski definition) is 2. The van der Waals surface area contributed by atoms with Crippen LogP contribution in [0.5, 0.6) is 0 Å². The van der Waals surface area contributed by atoms with E-state index in [1.165, 1.54) is 6.07 Å². The standard InChI is InChI=1S/C14H19FN2O2/c1-3-10(2)17-14(19)9-16-13(18)8-11-6-4-5-7-12(11)15/h4-7,10H,3,8-9H2,1-2H3,(H,16,18)(H,17,19). The van der Waals surface area contributed by atoms with Crippen LogP contribution in [0.3, 0.4) is 0 Å². The highest BCUT2D eigenvalue weighted by Crippen LogP contribution is 2.06.